The van der Waals surface area contributed by atoms with Gasteiger partial charge in [-0.15, -0.1) is 23.5 Å². The van der Waals surface area contributed by atoms with Crippen molar-refractivity contribution in [3.63, 3.8) is 0 Å². The van der Waals surface area contributed by atoms with Crippen LogP contribution in [0.2, 0.25) is 0 Å². The van der Waals surface area contributed by atoms with Gasteiger partial charge < -0.3 is 47.3 Å². The minimum Gasteiger partial charge on any atom is -0.380 e. The Morgan fingerprint density at radius 2 is 0.646 bits per heavy atom. The Labute approximate surface area is 428 Å². The van der Waals surface area contributed by atoms with E-state index in [1.807, 2.05) is 23.5 Å². The predicted octanol–water partition coefficient (Wildman–Crippen LogP) is 8.12. The summed E-state index contributed by atoms with van der Waals surface area (Å²) in [5, 5.41) is 31.3. The molecule has 11 nitrogen and oxygen atoms in total. The summed E-state index contributed by atoms with van der Waals surface area (Å²) in [7, 11) is 19.2. The average Bonchev–Trinajstić information content (AvgIpc) is 3.33. The molecule has 4 heterocycles. The molecule has 0 radical (unpaired) electrons. The normalized spacial score (nSPS) is 29.4. The molecule has 8 N–H and O–H groups in total. The van der Waals surface area contributed by atoms with Gasteiger partial charge in [-0.2, -0.15) is 0 Å². The number of nitrogens with one attached hydrogen (secondary N) is 8. The van der Waals surface area contributed by atoms with Gasteiger partial charge in [0.1, 0.15) is 0 Å². The number of hydrogen-bond donors (Lipinski definition) is 8. The number of rotatable bonds is 8. The van der Waals surface area contributed by atoms with Crippen molar-refractivity contribution in [2.75, 3.05) is 50.9 Å². The first kappa shape index (κ1) is 55.2. The van der Waals surface area contributed by atoms with Crippen LogP contribution in [0.3, 0.4) is 0 Å². The maximum Gasteiger partial charge on any atom is 0.0560 e. The van der Waals surface area contributed by atoms with E-state index in [4.69, 9.17) is 55.1 Å². The van der Waals surface area contributed by atoms with Crippen LogP contribution in [0.1, 0.15) is 126 Å². The molecule has 0 spiro atoms. The molecular weight excluding hydrogens is 1020 g/mol. The number of halogens is 4. The summed E-state index contributed by atoms with van der Waals surface area (Å²) in [5.41, 5.74) is 4.64. The molecule has 65 heavy (non-hydrogen) atoms. The van der Waals surface area contributed by atoms with Crippen molar-refractivity contribution in [2.45, 2.75) is 187 Å². The van der Waals surface area contributed by atoms with Crippen molar-refractivity contribution in [1.82, 2.24) is 52.5 Å². The van der Waals surface area contributed by atoms with Crippen molar-refractivity contribution in [1.29, 1.82) is 0 Å². The van der Waals surface area contributed by atoms with Crippen molar-refractivity contribution in [2.24, 2.45) is 0 Å². The standard InChI is InChI=1S/C46H76N10OS2.4ClH.2Mn/c1-5-13-43-39(9-1)47-17-18-48-40-10-2-6-14-44(40)52-30-34-26-37(25-33(55-34)29-51-43)58-23-21-57-22-24-59-38-27-35-31-53-45-15-7-3-11-41(45)49-19-20-50-42-12-4-8-16-46(42)54-32-36(28-38)56-35;;;;;;/h25-28,39-54H,1-24,29-32H2;4*1H;;/q;;;;;2*+2/p-4/t39-,40-,41-,42-,43-,44-,45-,46-;;;;;;/m1....../s1. The van der Waals surface area contributed by atoms with Gasteiger partial charge in [-0.25, -0.2) is 0 Å². The molecule has 4 fully saturated rings. The summed E-state index contributed by atoms with van der Waals surface area (Å²) in [6.07, 6.45) is 20.5. The van der Waals surface area contributed by atoms with Crippen LogP contribution in [0.15, 0.2) is 34.1 Å². The Bertz CT molecular complexity index is 1410. The molecule has 2 aromatic heterocycles. The summed E-state index contributed by atoms with van der Waals surface area (Å²) < 4.78 is 6.26. The van der Waals surface area contributed by atoms with Crippen LogP contribution < -0.4 is 42.5 Å². The van der Waals surface area contributed by atoms with Crippen molar-refractivity contribution in [3.05, 3.63) is 47.0 Å². The summed E-state index contributed by atoms with van der Waals surface area (Å²) in [5.74, 6) is 1.87. The molecule has 6 aliphatic rings. The molecule has 2 aromatic rings. The predicted molar refractivity (Wildman–Crippen MR) is 268 cm³/mol. The van der Waals surface area contributed by atoms with Gasteiger partial charge in [-0.05, 0) is 75.6 Å². The van der Waals surface area contributed by atoms with Crippen LogP contribution in [-0.4, -0.2) is 109 Å². The van der Waals surface area contributed by atoms with Gasteiger partial charge in [-0.1, -0.05) is 51.4 Å². The van der Waals surface area contributed by atoms with E-state index in [0.29, 0.717) is 48.3 Å². The Kier molecular flexibility index (Phi) is 27.8. The van der Waals surface area contributed by atoms with E-state index < -0.39 is 0 Å². The molecule has 0 saturated heterocycles. The number of hydrogen-bond acceptors (Lipinski definition) is 13. The molecule has 8 rings (SSSR count). The topological polar surface area (TPSA) is 131 Å². The maximum absolute atomic E-state index is 6.26. The van der Waals surface area contributed by atoms with E-state index in [2.05, 4.69) is 66.8 Å². The van der Waals surface area contributed by atoms with Crippen LogP contribution in [0.5, 0.6) is 0 Å². The Balaban J connectivity index is 0.00000111. The molecule has 0 aromatic carbocycles. The van der Waals surface area contributed by atoms with E-state index >= 15 is 0 Å². The van der Waals surface area contributed by atoms with E-state index in [9.17, 15) is 0 Å². The second kappa shape index (κ2) is 32.7. The quantitative estimate of drug-likeness (QED) is 0.0737. The van der Waals surface area contributed by atoms with Gasteiger partial charge in [0.15, 0.2) is 0 Å². The van der Waals surface area contributed by atoms with Crippen LogP contribution in [0.4, 0.5) is 0 Å². The number of ether oxygens (including phenoxy) is 1. The monoisotopic (exact) mass is 1100 g/mol. The van der Waals surface area contributed by atoms with Crippen molar-refractivity contribution >= 4 is 63.9 Å². The van der Waals surface area contributed by atoms with Gasteiger partial charge in [0.05, 0.1) is 36.0 Å². The van der Waals surface area contributed by atoms with Crippen LogP contribution in [0.25, 0.3) is 0 Å². The summed E-state index contributed by atoms with van der Waals surface area (Å²) >= 11 is 3.83. The van der Waals surface area contributed by atoms with Crippen LogP contribution in [0, 0.1) is 0 Å². The summed E-state index contributed by atoms with van der Waals surface area (Å²) in [6, 6.07) is 13.4. The van der Waals surface area contributed by atoms with E-state index in [0.717, 1.165) is 99.9 Å². The first-order valence-electron chi connectivity index (χ1n) is 24.5. The second-order valence-electron chi connectivity index (χ2n) is 18.3. The van der Waals surface area contributed by atoms with Crippen molar-refractivity contribution < 1.29 is 31.0 Å². The first-order valence-corrected chi connectivity index (χ1v) is 33.0. The van der Waals surface area contributed by atoms with Crippen molar-refractivity contribution in [3.8, 4) is 0 Å². The van der Waals surface area contributed by atoms with Crippen LogP contribution in [-0.2, 0) is 57.2 Å². The second-order valence-corrected chi connectivity index (χ2v) is 24.6. The molecule has 0 amide bonds. The van der Waals surface area contributed by atoms with Gasteiger partial charge >= 0.3 is 66.7 Å². The molecule has 19 heteroatoms. The zero-order chi connectivity index (χ0) is 45.3. The minimum absolute atomic E-state index is 0.00694. The number of thioether (sulfide) groups is 2. The SMILES string of the molecule is [Cl][Mn][Cl].[Cl][Mn][Cl].c1c(SCCOCCSc2cc3nc(c2)CN[C@@H]2CCCC[C@H]2NCCN[C@@H]2CCCC[C@H]2NC3)cc2nc1CN[C@@H]1CCCC[C@H]1NCCN[C@@H]1CCCC[C@H]1NC2. The molecular formula is C46H76Cl4Mn2N10OS2. The van der Waals surface area contributed by atoms with Gasteiger partial charge in [-0.3, -0.25) is 9.97 Å². The number of pyridine rings is 2. The fourth-order valence-electron chi connectivity index (χ4n) is 10.8. The molecule has 4 bridgehead atoms. The van der Waals surface area contributed by atoms with Gasteiger partial charge in [0, 0.05) is 122 Å². The Morgan fingerprint density at radius 3 is 0.892 bits per heavy atom. The summed E-state index contributed by atoms with van der Waals surface area (Å²) in [6.45, 7) is 8.94. The Hall–Kier alpha value is 0.839. The van der Waals surface area contributed by atoms with Gasteiger partial charge in [0.25, 0.3) is 0 Å². The number of nitrogens with zero attached hydrogens (tertiary/aromatic N) is 2. The first-order chi connectivity index (χ1) is 32.0. The zero-order valence-electron chi connectivity index (χ0n) is 38.1. The average molecular weight is 1100 g/mol. The number of fused-ring (bicyclic) bond motifs is 8. The largest absolute Gasteiger partial charge is 0.380 e. The van der Waals surface area contributed by atoms with E-state index in [-0.39, 0.29) is 26.3 Å². The third-order valence-electron chi connectivity index (χ3n) is 13.9. The molecule has 4 aliphatic carbocycles. The third kappa shape index (κ3) is 20.1. The molecule has 370 valence electrons. The molecule has 2 aliphatic heterocycles. The molecule has 8 atom stereocenters. The fraction of sp³-hybridized carbons (Fsp3) is 0.783. The fourth-order valence-corrected chi connectivity index (χ4v) is 12.5. The maximum atomic E-state index is 6.26. The summed E-state index contributed by atoms with van der Waals surface area (Å²) in [4.78, 5) is 13.0. The molecule has 4 saturated carbocycles. The van der Waals surface area contributed by atoms with E-state index in [1.54, 1.807) is 0 Å². The van der Waals surface area contributed by atoms with Crippen LogP contribution >= 0.6 is 63.9 Å². The third-order valence-corrected chi connectivity index (χ3v) is 15.8. The smallest absolute Gasteiger partial charge is 0.0560 e. The Morgan fingerprint density at radius 1 is 0.415 bits per heavy atom. The zero-order valence-corrected chi connectivity index (χ0v) is 45.1. The molecule has 0 unspecified atom stereocenters. The van der Waals surface area contributed by atoms with Gasteiger partial charge in [0.2, 0.25) is 0 Å². The van der Waals surface area contributed by atoms with E-state index in [1.165, 1.54) is 113 Å². The minimum atomic E-state index is 0.00694. The number of aromatic nitrogens is 2.